The third-order valence-corrected chi connectivity index (χ3v) is 3.95. The van der Waals surface area contributed by atoms with Crippen molar-refractivity contribution >= 4 is 50.8 Å². The Kier molecular flexibility index (Phi) is 3.93. The third-order valence-electron chi connectivity index (χ3n) is 3.32. The zero-order valence-corrected chi connectivity index (χ0v) is 14.0. The Hall–Kier alpha value is -2.22. The summed E-state index contributed by atoms with van der Waals surface area (Å²) in [7, 11) is 0. The van der Waals surface area contributed by atoms with E-state index in [0.717, 1.165) is 25.7 Å². The molecule has 6 heteroatoms. The second kappa shape index (κ2) is 5.88. The molecule has 0 spiro atoms. The number of aryl methyl sites for hydroxylation is 1. The van der Waals surface area contributed by atoms with E-state index in [1.54, 1.807) is 12.4 Å². The number of hydrogen-bond acceptors (Lipinski definition) is 4. The van der Waals surface area contributed by atoms with Gasteiger partial charge in [-0.05, 0) is 59.3 Å². The van der Waals surface area contributed by atoms with E-state index < -0.39 is 5.91 Å². The zero-order chi connectivity index (χ0) is 15.7. The number of nitrogens with zero attached hydrogens (tertiary/aromatic N) is 2. The van der Waals surface area contributed by atoms with E-state index in [1.807, 2.05) is 31.2 Å². The fraction of sp³-hybridized carbons (Fsp3) is 0.0625. The van der Waals surface area contributed by atoms with Crippen LogP contribution in [0.2, 0.25) is 0 Å². The molecular weight excluding hydrogens is 391 g/mol. The van der Waals surface area contributed by atoms with Gasteiger partial charge in [0.1, 0.15) is 0 Å². The van der Waals surface area contributed by atoms with Crippen LogP contribution in [0.25, 0.3) is 10.9 Å². The van der Waals surface area contributed by atoms with E-state index in [-0.39, 0.29) is 0 Å². The molecule has 2 heterocycles. The van der Waals surface area contributed by atoms with Gasteiger partial charge in [0.25, 0.3) is 5.91 Å². The van der Waals surface area contributed by atoms with Gasteiger partial charge >= 0.3 is 0 Å². The molecule has 0 saturated carbocycles. The van der Waals surface area contributed by atoms with Crippen molar-refractivity contribution in [1.82, 2.24) is 9.97 Å². The van der Waals surface area contributed by atoms with Gasteiger partial charge < -0.3 is 11.1 Å². The van der Waals surface area contributed by atoms with Crippen molar-refractivity contribution in [3.63, 3.8) is 0 Å². The molecule has 0 saturated heterocycles. The molecule has 3 rings (SSSR count). The molecule has 2 aromatic heterocycles. The van der Waals surface area contributed by atoms with Crippen molar-refractivity contribution in [1.29, 1.82) is 0 Å². The molecule has 0 bridgehead atoms. The number of fused-ring (bicyclic) bond motifs is 1. The Bertz CT molecular complexity index is 865. The molecular formula is C16H13IN4O. The number of anilines is 2. The second-order valence-corrected chi connectivity index (χ2v) is 6.14. The van der Waals surface area contributed by atoms with Gasteiger partial charge in [0.05, 0.1) is 28.7 Å². The first-order chi connectivity index (χ1) is 10.6. The van der Waals surface area contributed by atoms with Gasteiger partial charge in [-0.15, -0.1) is 0 Å². The van der Waals surface area contributed by atoms with Crippen LogP contribution in [-0.4, -0.2) is 15.9 Å². The molecule has 0 aliphatic carbocycles. The number of halogens is 1. The summed E-state index contributed by atoms with van der Waals surface area (Å²) in [5.41, 5.74) is 9.20. The number of primary amides is 1. The van der Waals surface area contributed by atoms with Gasteiger partial charge in [-0.25, -0.2) is 0 Å². The van der Waals surface area contributed by atoms with E-state index in [4.69, 9.17) is 5.73 Å². The average molecular weight is 404 g/mol. The molecule has 1 amide bonds. The monoisotopic (exact) mass is 404 g/mol. The lowest BCUT2D eigenvalue weighted by Crippen LogP contribution is -2.14. The molecule has 0 radical (unpaired) electrons. The predicted molar refractivity (Wildman–Crippen MR) is 95.2 cm³/mol. The summed E-state index contributed by atoms with van der Waals surface area (Å²) >= 11 is 2.25. The van der Waals surface area contributed by atoms with Crippen LogP contribution in [0.3, 0.4) is 0 Å². The fourth-order valence-electron chi connectivity index (χ4n) is 2.34. The lowest BCUT2D eigenvalue weighted by atomic mass is 10.1. The predicted octanol–water partition coefficient (Wildman–Crippen LogP) is 3.39. The third kappa shape index (κ3) is 2.74. The van der Waals surface area contributed by atoms with E-state index in [1.165, 1.54) is 6.20 Å². The number of carbonyl (C=O) groups excluding carboxylic acids is 1. The van der Waals surface area contributed by atoms with Gasteiger partial charge in [-0.3, -0.25) is 14.8 Å². The molecule has 0 aliphatic rings. The topological polar surface area (TPSA) is 80.9 Å². The molecule has 0 atom stereocenters. The van der Waals surface area contributed by atoms with Crippen molar-refractivity contribution in [3.8, 4) is 0 Å². The largest absolute Gasteiger partial charge is 0.365 e. The van der Waals surface area contributed by atoms with Crippen LogP contribution in [0.15, 0.2) is 42.9 Å². The van der Waals surface area contributed by atoms with Crippen LogP contribution in [0.5, 0.6) is 0 Å². The van der Waals surface area contributed by atoms with Crippen molar-refractivity contribution < 1.29 is 4.79 Å². The standard InChI is InChI=1S/C16H13IN4O/c1-9-5-10(17)6-12-14(9)20-8-13(16(18)22)15(12)21-11-3-2-4-19-7-11/h2-8H,1H3,(H2,18,22)(H,20,21). The van der Waals surface area contributed by atoms with Gasteiger partial charge in [0, 0.05) is 21.4 Å². The first-order valence-electron chi connectivity index (χ1n) is 6.62. The molecule has 3 N–H and O–H groups in total. The lowest BCUT2D eigenvalue weighted by molar-refractivity contribution is 0.100. The average Bonchev–Trinajstić information content (AvgIpc) is 2.48. The number of amides is 1. The molecule has 1 aromatic carbocycles. The quantitative estimate of drug-likeness (QED) is 0.656. The molecule has 5 nitrogen and oxygen atoms in total. The highest BCUT2D eigenvalue weighted by Gasteiger charge is 2.15. The van der Waals surface area contributed by atoms with E-state index in [0.29, 0.717) is 11.3 Å². The van der Waals surface area contributed by atoms with Crippen LogP contribution < -0.4 is 11.1 Å². The van der Waals surface area contributed by atoms with E-state index in [2.05, 4.69) is 37.9 Å². The number of nitrogens with two attached hydrogens (primary N) is 1. The van der Waals surface area contributed by atoms with Crippen LogP contribution in [0.1, 0.15) is 15.9 Å². The smallest absolute Gasteiger partial charge is 0.252 e. The van der Waals surface area contributed by atoms with Gasteiger partial charge in [0.2, 0.25) is 0 Å². The Morgan fingerprint density at radius 2 is 2.14 bits per heavy atom. The highest BCUT2D eigenvalue weighted by atomic mass is 127. The zero-order valence-electron chi connectivity index (χ0n) is 11.8. The molecule has 0 fully saturated rings. The minimum atomic E-state index is -0.516. The summed E-state index contributed by atoms with van der Waals surface area (Å²) in [6.45, 7) is 2.00. The minimum Gasteiger partial charge on any atom is -0.365 e. The Labute approximate surface area is 141 Å². The number of rotatable bonds is 3. The van der Waals surface area contributed by atoms with E-state index in [9.17, 15) is 4.79 Å². The summed E-state index contributed by atoms with van der Waals surface area (Å²) in [6.07, 6.45) is 4.90. The maximum absolute atomic E-state index is 11.8. The van der Waals surface area contributed by atoms with Gasteiger partial charge in [-0.2, -0.15) is 0 Å². The summed E-state index contributed by atoms with van der Waals surface area (Å²) in [5, 5.41) is 4.11. The number of benzene rings is 1. The van der Waals surface area contributed by atoms with Gasteiger partial charge in [0.15, 0.2) is 0 Å². The van der Waals surface area contributed by atoms with Crippen LogP contribution in [-0.2, 0) is 0 Å². The maximum atomic E-state index is 11.8. The maximum Gasteiger partial charge on any atom is 0.252 e. The highest BCUT2D eigenvalue weighted by molar-refractivity contribution is 14.1. The van der Waals surface area contributed by atoms with Crippen molar-refractivity contribution in [3.05, 3.63) is 57.6 Å². The normalized spacial score (nSPS) is 10.6. The fourth-order valence-corrected chi connectivity index (χ4v) is 3.12. The lowest BCUT2D eigenvalue weighted by Gasteiger charge is -2.14. The number of nitrogens with one attached hydrogen (secondary N) is 1. The van der Waals surface area contributed by atoms with Crippen molar-refractivity contribution in [2.75, 3.05) is 5.32 Å². The van der Waals surface area contributed by atoms with Gasteiger partial charge in [-0.1, -0.05) is 0 Å². The summed E-state index contributed by atoms with van der Waals surface area (Å²) in [5.74, 6) is -0.516. The number of carbonyl (C=O) groups is 1. The van der Waals surface area contributed by atoms with Crippen molar-refractivity contribution in [2.24, 2.45) is 5.73 Å². The Morgan fingerprint density at radius 3 is 2.82 bits per heavy atom. The number of pyridine rings is 2. The SMILES string of the molecule is Cc1cc(I)cc2c(Nc3cccnc3)c(C(N)=O)cnc12. The summed E-state index contributed by atoms with van der Waals surface area (Å²) in [6, 6.07) is 7.74. The molecule has 110 valence electrons. The van der Waals surface area contributed by atoms with Crippen molar-refractivity contribution in [2.45, 2.75) is 6.92 Å². The minimum absolute atomic E-state index is 0.359. The second-order valence-electron chi connectivity index (χ2n) is 4.90. The first kappa shape index (κ1) is 14.7. The molecule has 0 unspecified atom stereocenters. The van der Waals surface area contributed by atoms with Crippen LogP contribution in [0, 0.1) is 10.5 Å². The Morgan fingerprint density at radius 1 is 1.32 bits per heavy atom. The summed E-state index contributed by atoms with van der Waals surface area (Å²) < 4.78 is 1.07. The molecule has 22 heavy (non-hydrogen) atoms. The summed E-state index contributed by atoms with van der Waals surface area (Å²) in [4.78, 5) is 20.2. The highest BCUT2D eigenvalue weighted by Crippen LogP contribution is 2.31. The number of hydrogen-bond donors (Lipinski definition) is 2. The molecule has 0 aliphatic heterocycles. The number of aromatic nitrogens is 2. The van der Waals surface area contributed by atoms with Crippen LogP contribution in [0.4, 0.5) is 11.4 Å². The molecule has 3 aromatic rings. The first-order valence-corrected chi connectivity index (χ1v) is 7.70. The van der Waals surface area contributed by atoms with E-state index >= 15 is 0 Å². The van der Waals surface area contributed by atoms with Crippen LogP contribution >= 0.6 is 22.6 Å². The Balaban J connectivity index is 2.28.